The molecule has 4 heteroatoms. The van der Waals surface area contributed by atoms with E-state index in [4.69, 9.17) is 0 Å². The van der Waals surface area contributed by atoms with Crippen LogP contribution < -0.4 is 0 Å². The molecule has 0 saturated heterocycles. The number of aliphatic hydroxyl groups is 1. The summed E-state index contributed by atoms with van der Waals surface area (Å²) in [6.45, 7) is 2.16. The lowest BCUT2D eigenvalue weighted by Crippen LogP contribution is -2.00. The molecule has 0 fully saturated rings. The Morgan fingerprint density at radius 2 is 2.00 bits per heavy atom. The first-order valence-electron chi connectivity index (χ1n) is 7.24. The molecule has 2 aromatic carbocycles. The first-order valence-corrected chi connectivity index (χ1v) is 8.85. The highest BCUT2D eigenvalue weighted by molar-refractivity contribution is 9.10. The van der Waals surface area contributed by atoms with Crippen molar-refractivity contribution < 1.29 is 9.50 Å². The molecule has 3 rings (SSSR count). The van der Waals surface area contributed by atoms with Gasteiger partial charge in [-0.05, 0) is 47.7 Å². The van der Waals surface area contributed by atoms with Gasteiger partial charge in [0.25, 0.3) is 0 Å². The van der Waals surface area contributed by atoms with Crippen LogP contribution >= 0.6 is 27.3 Å². The van der Waals surface area contributed by atoms with Crippen LogP contribution in [0.1, 0.15) is 35.5 Å². The van der Waals surface area contributed by atoms with Gasteiger partial charge in [0.2, 0.25) is 0 Å². The summed E-state index contributed by atoms with van der Waals surface area (Å²) < 4.78 is 15.8. The molecule has 1 nitrogen and oxygen atoms in total. The fourth-order valence-corrected chi connectivity index (χ4v) is 4.06. The predicted octanol–water partition coefficient (Wildman–Crippen LogP) is 5.84. The Morgan fingerprint density at radius 3 is 2.77 bits per heavy atom. The molecule has 0 aliphatic heterocycles. The Kier molecular flexibility index (Phi) is 4.62. The minimum Gasteiger partial charge on any atom is -0.383 e. The topological polar surface area (TPSA) is 20.2 Å². The fraction of sp³-hybridized carbons (Fsp3) is 0.222. The largest absolute Gasteiger partial charge is 0.383 e. The number of rotatable bonds is 4. The lowest BCUT2D eigenvalue weighted by molar-refractivity contribution is 0.219. The average molecular weight is 379 g/mol. The number of thiophene rings is 1. The summed E-state index contributed by atoms with van der Waals surface area (Å²) in [7, 11) is 0. The summed E-state index contributed by atoms with van der Waals surface area (Å²) in [6, 6.07) is 12.9. The van der Waals surface area contributed by atoms with Crippen molar-refractivity contribution in [1.82, 2.24) is 0 Å². The van der Waals surface area contributed by atoms with E-state index in [9.17, 15) is 9.50 Å². The van der Waals surface area contributed by atoms with Crippen molar-refractivity contribution in [3.05, 3.63) is 68.8 Å². The van der Waals surface area contributed by atoms with Crippen molar-refractivity contribution in [3.8, 4) is 0 Å². The zero-order valence-corrected chi connectivity index (χ0v) is 14.5. The molecule has 0 amide bonds. The molecule has 1 heterocycles. The van der Waals surface area contributed by atoms with Crippen LogP contribution in [0.3, 0.4) is 0 Å². The average Bonchev–Trinajstić information content (AvgIpc) is 2.92. The standard InChI is InChI=1S/C18H16BrFOS/c1-2-3-11-4-5-12-9-17(22-16(12)8-11)18(21)14-10-13(19)6-7-15(14)20/h4-10,18,21H,2-3H2,1H3. The van der Waals surface area contributed by atoms with Crippen molar-refractivity contribution in [1.29, 1.82) is 0 Å². The van der Waals surface area contributed by atoms with Gasteiger partial charge < -0.3 is 5.11 Å². The highest BCUT2D eigenvalue weighted by Gasteiger charge is 2.18. The zero-order chi connectivity index (χ0) is 15.7. The number of aryl methyl sites for hydroxylation is 1. The Bertz CT molecular complexity index is 812. The zero-order valence-electron chi connectivity index (χ0n) is 12.1. The molecule has 114 valence electrons. The summed E-state index contributed by atoms with van der Waals surface area (Å²) in [5.74, 6) is -0.389. The van der Waals surface area contributed by atoms with Gasteiger partial charge in [-0.3, -0.25) is 0 Å². The first-order chi connectivity index (χ1) is 10.6. The lowest BCUT2D eigenvalue weighted by Gasteiger charge is -2.10. The van der Waals surface area contributed by atoms with Gasteiger partial charge >= 0.3 is 0 Å². The van der Waals surface area contributed by atoms with E-state index in [0.717, 1.165) is 32.3 Å². The highest BCUT2D eigenvalue weighted by atomic mass is 79.9. The van der Waals surface area contributed by atoms with E-state index in [0.29, 0.717) is 5.56 Å². The van der Waals surface area contributed by atoms with Crippen molar-refractivity contribution in [3.63, 3.8) is 0 Å². The van der Waals surface area contributed by atoms with Crippen LogP contribution in [0.2, 0.25) is 0 Å². The van der Waals surface area contributed by atoms with Crippen LogP contribution in [-0.4, -0.2) is 5.11 Å². The van der Waals surface area contributed by atoms with Gasteiger partial charge in [-0.1, -0.05) is 41.4 Å². The molecule has 1 unspecified atom stereocenters. The Balaban J connectivity index is 2.00. The van der Waals surface area contributed by atoms with Gasteiger partial charge in [0, 0.05) is 19.6 Å². The van der Waals surface area contributed by atoms with E-state index in [2.05, 4.69) is 41.1 Å². The third-order valence-electron chi connectivity index (χ3n) is 3.66. The predicted molar refractivity (Wildman–Crippen MR) is 94.0 cm³/mol. The van der Waals surface area contributed by atoms with E-state index in [1.807, 2.05) is 6.07 Å². The second kappa shape index (κ2) is 6.49. The normalized spacial score (nSPS) is 12.7. The van der Waals surface area contributed by atoms with Crippen molar-refractivity contribution in [2.75, 3.05) is 0 Å². The summed E-state index contributed by atoms with van der Waals surface area (Å²) >= 11 is 4.85. The van der Waals surface area contributed by atoms with Gasteiger partial charge in [-0.25, -0.2) is 4.39 Å². The smallest absolute Gasteiger partial charge is 0.129 e. The van der Waals surface area contributed by atoms with E-state index >= 15 is 0 Å². The van der Waals surface area contributed by atoms with E-state index in [-0.39, 0.29) is 5.82 Å². The Hall–Kier alpha value is -1.23. The Morgan fingerprint density at radius 1 is 1.18 bits per heavy atom. The molecule has 0 spiro atoms. The van der Waals surface area contributed by atoms with E-state index in [1.54, 1.807) is 12.1 Å². The minimum atomic E-state index is -0.940. The number of fused-ring (bicyclic) bond motifs is 1. The second-order valence-electron chi connectivity index (χ2n) is 5.34. The number of hydrogen-bond donors (Lipinski definition) is 1. The molecular formula is C18H16BrFOS. The molecule has 0 saturated carbocycles. The maximum absolute atomic E-state index is 13.9. The van der Waals surface area contributed by atoms with Crippen LogP contribution in [0.25, 0.3) is 10.1 Å². The van der Waals surface area contributed by atoms with Crippen molar-refractivity contribution in [2.24, 2.45) is 0 Å². The SMILES string of the molecule is CCCc1ccc2cc(C(O)c3cc(Br)ccc3F)sc2c1. The molecule has 0 radical (unpaired) electrons. The molecule has 22 heavy (non-hydrogen) atoms. The van der Waals surface area contributed by atoms with Crippen molar-refractivity contribution in [2.45, 2.75) is 25.9 Å². The summed E-state index contributed by atoms with van der Waals surface area (Å²) in [6.07, 6.45) is 1.21. The number of aliphatic hydroxyl groups excluding tert-OH is 1. The molecule has 1 N–H and O–H groups in total. The number of benzene rings is 2. The first kappa shape index (κ1) is 15.7. The molecule has 0 aliphatic rings. The maximum atomic E-state index is 13.9. The van der Waals surface area contributed by atoms with Crippen LogP contribution in [0, 0.1) is 5.82 Å². The molecule has 0 aliphatic carbocycles. The highest BCUT2D eigenvalue weighted by Crippen LogP contribution is 2.35. The van der Waals surface area contributed by atoms with Gasteiger partial charge in [-0.15, -0.1) is 11.3 Å². The van der Waals surface area contributed by atoms with Crippen LogP contribution in [0.4, 0.5) is 4.39 Å². The molecular weight excluding hydrogens is 363 g/mol. The van der Waals surface area contributed by atoms with E-state index in [1.165, 1.54) is 23.0 Å². The van der Waals surface area contributed by atoms with E-state index < -0.39 is 6.10 Å². The quantitative estimate of drug-likeness (QED) is 0.604. The van der Waals surface area contributed by atoms with Gasteiger partial charge in [0.15, 0.2) is 0 Å². The Labute approximate surface area is 141 Å². The van der Waals surface area contributed by atoms with Crippen LogP contribution in [0.15, 0.2) is 46.9 Å². The summed E-state index contributed by atoms with van der Waals surface area (Å²) in [5, 5.41) is 11.6. The molecule has 0 bridgehead atoms. The fourth-order valence-electron chi connectivity index (χ4n) is 2.55. The van der Waals surface area contributed by atoms with Crippen LogP contribution in [-0.2, 0) is 6.42 Å². The van der Waals surface area contributed by atoms with Gasteiger partial charge in [-0.2, -0.15) is 0 Å². The summed E-state index contributed by atoms with van der Waals surface area (Å²) in [4.78, 5) is 0.764. The molecule has 3 aromatic rings. The lowest BCUT2D eigenvalue weighted by atomic mass is 10.1. The van der Waals surface area contributed by atoms with Crippen LogP contribution in [0.5, 0.6) is 0 Å². The second-order valence-corrected chi connectivity index (χ2v) is 7.37. The maximum Gasteiger partial charge on any atom is 0.129 e. The van der Waals surface area contributed by atoms with Crippen molar-refractivity contribution >= 4 is 37.4 Å². The molecule has 1 atom stereocenters. The number of hydrogen-bond acceptors (Lipinski definition) is 2. The third-order valence-corrected chi connectivity index (χ3v) is 5.31. The number of halogens is 2. The minimum absolute atomic E-state index is 0.301. The molecule has 1 aromatic heterocycles. The van der Waals surface area contributed by atoms with Gasteiger partial charge in [0.1, 0.15) is 11.9 Å². The third kappa shape index (κ3) is 3.09. The monoisotopic (exact) mass is 378 g/mol. The van der Waals surface area contributed by atoms with Gasteiger partial charge in [0.05, 0.1) is 0 Å². The summed E-state index contributed by atoms with van der Waals surface area (Å²) in [5.41, 5.74) is 1.60.